The SMILES string of the molecule is O=C(NC(COCc1ccccc1)C(=O)O)c1nc(-c2ccc(C(F)(F)F)cc2)oc1-c1ccc(-c2ccccc2)cc1. The van der Waals surface area contributed by atoms with E-state index in [1.54, 1.807) is 12.1 Å². The quantitative estimate of drug-likeness (QED) is 0.181. The predicted molar refractivity (Wildman–Crippen MR) is 153 cm³/mol. The number of carbonyl (C=O) groups is 2. The Hall–Kier alpha value is -5.22. The van der Waals surface area contributed by atoms with E-state index in [0.29, 0.717) is 5.56 Å². The zero-order chi connectivity index (χ0) is 30.4. The highest BCUT2D eigenvalue weighted by Gasteiger charge is 2.31. The van der Waals surface area contributed by atoms with E-state index >= 15 is 0 Å². The highest BCUT2D eigenvalue weighted by Crippen LogP contribution is 2.34. The second-order valence-corrected chi connectivity index (χ2v) is 9.58. The summed E-state index contributed by atoms with van der Waals surface area (Å²) in [7, 11) is 0. The minimum atomic E-state index is -4.53. The first-order valence-corrected chi connectivity index (χ1v) is 13.2. The summed E-state index contributed by atoms with van der Waals surface area (Å²) in [5, 5.41) is 12.2. The van der Waals surface area contributed by atoms with Crippen LogP contribution in [0.2, 0.25) is 0 Å². The lowest BCUT2D eigenvalue weighted by atomic mass is 10.0. The van der Waals surface area contributed by atoms with Crippen molar-refractivity contribution >= 4 is 11.9 Å². The lowest BCUT2D eigenvalue weighted by Crippen LogP contribution is -2.44. The predicted octanol–water partition coefficient (Wildman–Crippen LogP) is 7.09. The zero-order valence-corrected chi connectivity index (χ0v) is 22.5. The molecule has 0 aliphatic rings. The molecule has 1 unspecified atom stereocenters. The van der Waals surface area contributed by atoms with Gasteiger partial charge in [0.15, 0.2) is 17.5 Å². The fourth-order valence-electron chi connectivity index (χ4n) is 4.31. The van der Waals surface area contributed by atoms with Crippen molar-refractivity contribution in [3.8, 4) is 33.9 Å². The number of amides is 1. The van der Waals surface area contributed by atoms with Crippen LogP contribution < -0.4 is 5.32 Å². The number of alkyl halides is 3. The molecule has 0 saturated carbocycles. The molecule has 0 fully saturated rings. The van der Waals surface area contributed by atoms with Crippen molar-refractivity contribution < 1.29 is 37.0 Å². The van der Waals surface area contributed by atoms with Gasteiger partial charge in [0.05, 0.1) is 18.8 Å². The number of oxazole rings is 1. The van der Waals surface area contributed by atoms with Crippen molar-refractivity contribution in [2.45, 2.75) is 18.8 Å². The molecule has 1 aromatic heterocycles. The average molecular weight is 587 g/mol. The Morgan fingerprint density at radius 2 is 1.35 bits per heavy atom. The molecule has 7 nitrogen and oxygen atoms in total. The fourth-order valence-corrected chi connectivity index (χ4v) is 4.31. The van der Waals surface area contributed by atoms with Gasteiger partial charge in [-0.15, -0.1) is 0 Å². The highest BCUT2D eigenvalue weighted by atomic mass is 19.4. The van der Waals surface area contributed by atoms with Crippen LogP contribution in [-0.4, -0.2) is 34.6 Å². The van der Waals surface area contributed by atoms with Gasteiger partial charge >= 0.3 is 12.1 Å². The van der Waals surface area contributed by atoms with Crippen LogP contribution in [0.15, 0.2) is 114 Å². The molecular weight excluding hydrogens is 561 g/mol. The Morgan fingerprint density at radius 1 is 0.791 bits per heavy atom. The van der Waals surface area contributed by atoms with Crippen LogP contribution >= 0.6 is 0 Å². The molecule has 43 heavy (non-hydrogen) atoms. The summed E-state index contributed by atoms with van der Waals surface area (Å²) in [6.07, 6.45) is -4.53. The Morgan fingerprint density at radius 3 is 1.95 bits per heavy atom. The maximum Gasteiger partial charge on any atom is 0.416 e. The molecule has 1 heterocycles. The van der Waals surface area contributed by atoms with Crippen LogP contribution in [0.5, 0.6) is 0 Å². The normalized spacial score (nSPS) is 12.1. The Labute approximate surface area is 244 Å². The minimum absolute atomic E-state index is 0.0290. The number of carboxylic acid groups (broad SMARTS) is 1. The molecule has 0 bridgehead atoms. The minimum Gasteiger partial charge on any atom is -0.480 e. The molecule has 1 atom stereocenters. The van der Waals surface area contributed by atoms with Crippen molar-refractivity contribution in [1.29, 1.82) is 0 Å². The number of aliphatic carboxylic acids is 1. The van der Waals surface area contributed by atoms with Gasteiger partial charge in [-0.3, -0.25) is 4.79 Å². The summed E-state index contributed by atoms with van der Waals surface area (Å²) in [6.45, 7) is -0.178. The van der Waals surface area contributed by atoms with Gasteiger partial charge in [0.25, 0.3) is 5.91 Å². The van der Waals surface area contributed by atoms with Crippen molar-refractivity contribution in [2.24, 2.45) is 0 Å². The number of carbonyl (C=O) groups excluding carboxylic acids is 1. The van der Waals surface area contributed by atoms with E-state index in [0.717, 1.165) is 28.8 Å². The smallest absolute Gasteiger partial charge is 0.416 e. The summed E-state index contributed by atoms with van der Waals surface area (Å²) in [5.41, 5.74) is 2.29. The van der Waals surface area contributed by atoms with Crippen LogP contribution in [0.4, 0.5) is 13.2 Å². The molecule has 5 rings (SSSR count). The number of hydrogen-bond donors (Lipinski definition) is 2. The van der Waals surface area contributed by atoms with Crippen molar-refractivity contribution in [1.82, 2.24) is 10.3 Å². The van der Waals surface area contributed by atoms with Gasteiger partial charge in [-0.05, 0) is 41.0 Å². The van der Waals surface area contributed by atoms with Crippen LogP contribution in [0.1, 0.15) is 21.6 Å². The topological polar surface area (TPSA) is 102 Å². The lowest BCUT2D eigenvalue weighted by Gasteiger charge is -2.14. The molecule has 5 aromatic rings. The summed E-state index contributed by atoms with van der Waals surface area (Å²) in [6, 6.07) is 28.5. The molecule has 2 N–H and O–H groups in total. The number of carboxylic acids is 1. The van der Waals surface area contributed by atoms with Gasteiger partial charge in [0.1, 0.15) is 0 Å². The molecule has 10 heteroatoms. The Kier molecular flexibility index (Phi) is 8.68. The van der Waals surface area contributed by atoms with Gasteiger partial charge in [0, 0.05) is 11.1 Å². The van der Waals surface area contributed by atoms with E-state index in [1.165, 1.54) is 12.1 Å². The summed E-state index contributed by atoms with van der Waals surface area (Å²) < 4.78 is 50.7. The van der Waals surface area contributed by atoms with E-state index in [1.807, 2.05) is 72.8 Å². The van der Waals surface area contributed by atoms with Crippen molar-refractivity contribution in [3.05, 3.63) is 126 Å². The molecule has 4 aromatic carbocycles. The average Bonchev–Trinajstić information content (AvgIpc) is 3.47. The van der Waals surface area contributed by atoms with Gasteiger partial charge < -0.3 is 19.6 Å². The largest absolute Gasteiger partial charge is 0.480 e. The number of halogens is 3. The van der Waals surface area contributed by atoms with Gasteiger partial charge in [-0.1, -0.05) is 84.9 Å². The monoisotopic (exact) mass is 586 g/mol. The number of rotatable bonds is 10. The van der Waals surface area contributed by atoms with Gasteiger partial charge in [-0.25, -0.2) is 9.78 Å². The first kappa shape index (κ1) is 29.3. The second kappa shape index (κ2) is 12.7. The molecule has 0 saturated heterocycles. The van der Waals surface area contributed by atoms with Crippen molar-refractivity contribution in [2.75, 3.05) is 6.61 Å². The lowest BCUT2D eigenvalue weighted by molar-refractivity contribution is -0.141. The zero-order valence-electron chi connectivity index (χ0n) is 22.5. The third kappa shape index (κ3) is 7.17. The summed E-state index contributed by atoms with van der Waals surface area (Å²) >= 11 is 0. The number of aromatic nitrogens is 1. The van der Waals surface area contributed by atoms with E-state index < -0.39 is 29.7 Å². The molecule has 0 spiro atoms. The molecule has 0 aliphatic carbocycles. The van der Waals surface area contributed by atoms with Gasteiger partial charge in [0.2, 0.25) is 5.89 Å². The van der Waals surface area contributed by atoms with E-state index in [2.05, 4.69) is 10.3 Å². The first-order valence-electron chi connectivity index (χ1n) is 13.2. The Bertz CT molecular complexity index is 1690. The van der Waals surface area contributed by atoms with Gasteiger partial charge in [-0.2, -0.15) is 13.2 Å². The standard InChI is InChI=1S/C33H25F3N2O5/c34-33(35,36)26-17-15-25(16-18-26)31-38-28(29(43-31)24-13-11-23(12-14-24)22-9-5-2-6-10-22)30(39)37-27(32(40)41)20-42-19-21-7-3-1-4-8-21/h1-18,27H,19-20H2,(H,37,39)(H,40,41). The van der Waals surface area contributed by atoms with Crippen LogP contribution in [0, 0.1) is 0 Å². The molecule has 0 radical (unpaired) electrons. The summed E-state index contributed by atoms with van der Waals surface area (Å²) in [5.74, 6) is -2.24. The Balaban J connectivity index is 1.43. The third-order valence-electron chi connectivity index (χ3n) is 6.56. The molecular formula is C33H25F3N2O5. The maximum atomic E-state index is 13.4. The van der Waals surface area contributed by atoms with Crippen LogP contribution in [0.3, 0.4) is 0 Å². The van der Waals surface area contributed by atoms with Crippen molar-refractivity contribution in [3.63, 3.8) is 0 Å². The maximum absolute atomic E-state index is 13.4. The van der Waals surface area contributed by atoms with Crippen LogP contribution in [-0.2, 0) is 22.3 Å². The van der Waals surface area contributed by atoms with E-state index in [4.69, 9.17) is 9.15 Å². The number of nitrogens with zero attached hydrogens (tertiary/aromatic N) is 1. The third-order valence-corrected chi connectivity index (χ3v) is 6.56. The van der Waals surface area contributed by atoms with E-state index in [-0.39, 0.29) is 36.1 Å². The van der Waals surface area contributed by atoms with Crippen LogP contribution in [0.25, 0.3) is 33.9 Å². The second-order valence-electron chi connectivity index (χ2n) is 9.58. The number of nitrogens with one attached hydrogen (secondary N) is 1. The summed E-state index contributed by atoms with van der Waals surface area (Å²) in [4.78, 5) is 29.6. The highest BCUT2D eigenvalue weighted by molar-refractivity contribution is 6.00. The van der Waals surface area contributed by atoms with E-state index in [9.17, 15) is 27.9 Å². The first-order chi connectivity index (χ1) is 20.7. The fraction of sp³-hybridized carbons (Fsp3) is 0.121. The number of benzene rings is 4. The molecule has 0 aliphatic heterocycles. The number of hydrogen-bond acceptors (Lipinski definition) is 5. The molecule has 1 amide bonds. The number of ether oxygens (including phenoxy) is 1. The molecule has 218 valence electrons.